The first-order valence-corrected chi connectivity index (χ1v) is 8.90. The molecule has 108 valence electrons. The number of rotatable bonds is 5. The van der Waals surface area contributed by atoms with Gasteiger partial charge in [-0.2, -0.15) is 0 Å². The van der Waals surface area contributed by atoms with Crippen molar-refractivity contribution < 1.29 is 13.2 Å². The molecule has 0 spiro atoms. The monoisotopic (exact) mass is 376 g/mol. The summed E-state index contributed by atoms with van der Waals surface area (Å²) in [4.78, 5) is 4.98. The molecule has 0 aliphatic heterocycles. The lowest BCUT2D eigenvalue weighted by Gasteiger charge is -2.11. The average molecular weight is 377 g/mol. The van der Waals surface area contributed by atoms with Crippen molar-refractivity contribution in [1.82, 2.24) is 4.98 Å². The quantitative estimate of drug-likeness (QED) is 0.867. The molecule has 2 heterocycles. The number of hydrogen-bond donors (Lipinski definition) is 1. The summed E-state index contributed by atoms with van der Waals surface area (Å²) in [6.07, 6.45) is 1.55. The highest BCUT2D eigenvalue weighted by Crippen LogP contribution is 2.32. The zero-order valence-electron chi connectivity index (χ0n) is 10.9. The van der Waals surface area contributed by atoms with Crippen molar-refractivity contribution in [3.8, 4) is 5.88 Å². The Morgan fingerprint density at radius 2 is 2.25 bits per heavy atom. The number of aryl methyl sites for hydroxylation is 1. The number of anilines is 1. The van der Waals surface area contributed by atoms with Gasteiger partial charge in [-0.3, -0.25) is 4.72 Å². The van der Waals surface area contributed by atoms with Gasteiger partial charge in [-0.25, -0.2) is 13.4 Å². The smallest absolute Gasteiger partial charge is 0.263 e. The van der Waals surface area contributed by atoms with Crippen molar-refractivity contribution in [3.63, 3.8) is 0 Å². The second-order valence-electron chi connectivity index (χ2n) is 3.87. The van der Waals surface area contributed by atoms with Crippen LogP contribution in [0.1, 0.15) is 11.8 Å². The van der Waals surface area contributed by atoms with Crippen molar-refractivity contribution in [2.75, 3.05) is 11.3 Å². The summed E-state index contributed by atoms with van der Waals surface area (Å²) in [5.74, 6) is 0.269. The van der Waals surface area contributed by atoms with E-state index in [0.29, 0.717) is 17.2 Å². The minimum absolute atomic E-state index is 0.251. The molecular formula is C12H13BrN2O3S2. The zero-order chi connectivity index (χ0) is 14.8. The molecule has 0 unspecified atom stereocenters. The van der Waals surface area contributed by atoms with Crippen LogP contribution in [-0.2, 0) is 10.0 Å². The maximum Gasteiger partial charge on any atom is 0.263 e. The molecule has 0 aliphatic carbocycles. The number of nitrogens with one attached hydrogen (secondary N) is 1. The Hall–Kier alpha value is -1.12. The van der Waals surface area contributed by atoms with Crippen LogP contribution in [0.4, 0.5) is 5.69 Å². The van der Waals surface area contributed by atoms with Gasteiger partial charge in [0, 0.05) is 11.1 Å². The Labute approximate surface area is 130 Å². The molecule has 5 nitrogen and oxygen atoms in total. The first kappa shape index (κ1) is 15.3. The fraction of sp³-hybridized carbons (Fsp3) is 0.250. The topological polar surface area (TPSA) is 68.3 Å². The third-order valence-corrected chi connectivity index (χ3v) is 5.60. The predicted molar refractivity (Wildman–Crippen MR) is 83.0 cm³/mol. The largest absolute Gasteiger partial charge is 0.476 e. The van der Waals surface area contributed by atoms with Crippen LogP contribution >= 0.6 is 27.3 Å². The van der Waals surface area contributed by atoms with Gasteiger partial charge in [0.05, 0.1) is 10.4 Å². The Kier molecular flexibility index (Phi) is 4.66. The lowest BCUT2D eigenvalue weighted by Crippen LogP contribution is -2.14. The lowest BCUT2D eigenvalue weighted by molar-refractivity contribution is 0.329. The van der Waals surface area contributed by atoms with Gasteiger partial charge in [-0.05, 0) is 48.0 Å². The SMILES string of the molecule is CCOc1ncccc1NS(=O)(=O)c1cc(Br)sc1C. The molecular weight excluding hydrogens is 364 g/mol. The highest BCUT2D eigenvalue weighted by atomic mass is 79.9. The molecule has 2 aromatic heterocycles. The van der Waals surface area contributed by atoms with Crippen LogP contribution in [0.3, 0.4) is 0 Å². The van der Waals surface area contributed by atoms with Crippen LogP contribution in [0.2, 0.25) is 0 Å². The standard InChI is InChI=1S/C12H13BrN2O3S2/c1-3-18-12-9(5-4-6-14-12)15-20(16,17)10-7-11(13)19-8(10)2/h4-7,15H,3H2,1-2H3. The highest BCUT2D eigenvalue weighted by Gasteiger charge is 2.21. The molecule has 0 radical (unpaired) electrons. The molecule has 2 rings (SSSR count). The molecule has 0 aromatic carbocycles. The molecule has 0 amide bonds. The van der Waals surface area contributed by atoms with Crippen molar-refractivity contribution in [2.45, 2.75) is 18.7 Å². The minimum Gasteiger partial charge on any atom is -0.476 e. The van der Waals surface area contributed by atoms with Crippen molar-refractivity contribution in [1.29, 1.82) is 0 Å². The first-order chi connectivity index (χ1) is 9.44. The van der Waals surface area contributed by atoms with E-state index in [1.165, 1.54) is 11.3 Å². The Morgan fingerprint density at radius 3 is 2.85 bits per heavy atom. The summed E-state index contributed by atoms with van der Waals surface area (Å²) < 4.78 is 33.4. The molecule has 0 saturated heterocycles. The maximum atomic E-state index is 12.4. The molecule has 20 heavy (non-hydrogen) atoms. The van der Waals surface area contributed by atoms with Crippen LogP contribution in [0.25, 0.3) is 0 Å². The number of thiophene rings is 1. The zero-order valence-corrected chi connectivity index (χ0v) is 14.1. The Balaban J connectivity index is 2.36. The number of pyridine rings is 1. The van der Waals surface area contributed by atoms with Gasteiger partial charge in [0.25, 0.3) is 10.0 Å². The van der Waals surface area contributed by atoms with E-state index in [1.807, 2.05) is 6.92 Å². The number of sulfonamides is 1. The van der Waals surface area contributed by atoms with E-state index in [2.05, 4.69) is 25.6 Å². The predicted octanol–water partition coefficient (Wildman–Crippen LogP) is 3.41. The second kappa shape index (κ2) is 6.11. The number of halogens is 1. The molecule has 0 fully saturated rings. The van der Waals surface area contributed by atoms with Gasteiger partial charge in [0.1, 0.15) is 10.6 Å². The van der Waals surface area contributed by atoms with Gasteiger partial charge >= 0.3 is 0 Å². The molecule has 0 saturated carbocycles. The molecule has 0 aliphatic rings. The van der Waals surface area contributed by atoms with Crippen LogP contribution in [0, 0.1) is 6.92 Å². The van der Waals surface area contributed by atoms with Gasteiger partial charge in [0.15, 0.2) is 0 Å². The third-order valence-electron chi connectivity index (χ3n) is 2.43. The fourth-order valence-electron chi connectivity index (χ4n) is 1.62. The van der Waals surface area contributed by atoms with Crippen LogP contribution in [0.15, 0.2) is 33.1 Å². The molecule has 0 bridgehead atoms. The van der Waals surface area contributed by atoms with Gasteiger partial charge in [0.2, 0.25) is 5.88 Å². The lowest BCUT2D eigenvalue weighted by atomic mass is 10.4. The summed E-state index contributed by atoms with van der Waals surface area (Å²) >= 11 is 4.66. The van der Waals surface area contributed by atoms with E-state index >= 15 is 0 Å². The number of nitrogens with zero attached hydrogens (tertiary/aromatic N) is 1. The summed E-state index contributed by atoms with van der Waals surface area (Å²) in [5.41, 5.74) is 0.330. The van der Waals surface area contributed by atoms with E-state index in [-0.39, 0.29) is 10.8 Å². The number of ether oxygens (including phenoxy) is 1. The van der Waals surface area contributed by atoms with Gasteiger partial charge in [-0.15, -0.1) is 11.3 Å². The van der Waals surface area contributed by atoms with Gasteiger partial charge < -0.3 is 4.74 Å². The summed E-state index contributed by atoms with van der Waals surface area (Å²) in [6.45, 7) is 3.98. The Morgan fingerprint density at radius 1 is 1.50 bits per heavy atom. The van der Waals surface area contributed by atoms with E-state index in [1.54, 1.807) is 31.3 Å². The molecule has 2 aromatic rings. The normalized spacial score (nSPS) is 11.3. The second-order valence-corrected chi connectivity index (χ2v) is 8.15. The van der Waals surface area contributed by atoms with Crippen molar-refractivity contribution in [3.05, 3.63) is 33.1 Å². The van der Waals surface area contributed by atoms with Crippen LogP contribution in [0.5, 0.6) is 5.88 Å². The number of hydrogen-bond acceptors (Lipinski definition) is 5. The summed E-state index contributed by atoms with van der Waals surface area (Å²) in [5, 5.41) is 0. The Bertz CT molecular complexity index is 713. The van der Waals surface area contributed by atoms with Crippen LogP contribution in [-0.4, -0.2) is 20.0 Å². The minimum atomic E-state index is -3.65. The highest BCUT2D eigenvalue weighted by molar-refractivity contribution is 9.11. The van der Waals surface area contributed by atoms with Crippen molar-refractivity contribution in [2.24, 2.45) is 0 Å². The van der Waals surface area contributed by atoms with E-state index in [4.69, 9.17) is 4.74 Å². The fourth-order valence-corrected chi connectivity index (χ4v) is 5.09. The van der Waals surface area contributed by atoms with E-state index in [0.717, 1.165) is 3.79 Å². The maximum absolute atomic E-state index is 12.4. The van der Waals surface area contributed by atoms with E-state index in [9.17, 15) is 8.42 Å². The third kappa shape index (κ3) is 3.31. The van der Waals surface area contributed by atoms with Crippen molar-refractivity contribution >= 4 is 43.0 Å². The first-order valence-electron chi connectivity index (χ1n) is 5.80. The average Bonchev–Trinajstić information content (AvgIpc) is 2.72. The summed E-state index contributed by atoms with van der Waals surface area (Å²) in [6, 6.07) is 4.85. The van der Waals surface area contributed by atoms with Gasteiger partial charge in [-0.1, -0.05) is 0 Å². The summed E-state index contributed by atoms with van der Waals surface area (Å²) in [7, 11) is -3.65. The molecule has 1 N–H and O–H groups in total. The molecule has 8 heteroatoms. The number of aromatic nitrogens is 1. The molecule has 0 atom stereocenters. The van der Waals surface area contributed by atoms with Crippen LogP contribution < -0.4 is 9.46 Å². The van der Waals surface area contributed by atoms with E-state index < -0.39 is 10.0 Å².